The molecule has 21 heavy (non-hydrogen) atoms. The van der Waals surface area contributed by atoms with E-state index in [0.717, 1.165) is 28.7 Å². The van der Waals surface area contributed by atoms with Gasteiger partial charge in [-0.25, -0.2) is 4.68 Å². The van der Waals surface area contributed by atoms with Gasteiger partial charge < -0.3 is 5.32 Å². The Bertz CT molecular complexity index is 727. The third-order valence-corrected chi connectivity index (χ3v) is 3.33. The molecule has 5 heteroatoms. The van der Waals surface area contributed by atoms with E-state index in [4.69, 9.17) is 0 Å². The van der Waals surface area contributed by atoms with Gasteiger partial charge in [0.15, 0.2) is 0 Å². The third kappa shape index (κ3) is 3.25. The summed E-state index contributed by atoms with van der Waals surface area (Å²) in [6.45, 7) is 5.66. The predicted molar refractivity (Wildman–Crippen MR) is 82.8 cm³/mol. The van der Waals surface area contributed by atoms with E-state index in [0.29, 0.717) is 12.6 Å². The molecule has 0 aliphatic heterocycles. The number of nitrogens with zero attached hydrogens (tertiary/aromatic N) is 4. The molecular weight excluding hydrogens is 262 g/mol. The van der Waals surface area contributed by atoms with E-state index in [1.807, 2.05) is 23.1 Å². The van der Waals surface area contributed by atoms with E-state index in [1.165, 1.54) is 0 Å². The maximum absolute atomic E-state index is 4.47. The molecule has 1 N–H and O–H groups in total. The van der Waals surface area contributed by atoms with Crippen molar-refractivity contribution in [3.63, 3.8) is 0 Å². The Balaban J connectivity index is 1.79. The molecule has 2 heterocycles. The molecule has 0 atom stereocenters. The number of hydrogen-bond donors (Lipinski definition) is 1. The first-order valence-corrected chi connectivity index (χ1v) is 7.17. The van der Waals surface area contributed by atoms with Crippen LogP contribution < -0.4 is 5.32 Å². The topological polar surface area (TPSA) is 55.6 Å². The summed E-state index contributed by atoms with van der Waals surface area (Å²) in [6, 6.07) is 10.7. The van der Waals surface area contributed by atoms with Crippen LogP contribution in [0.2, 0.25) is 0 Å². The summed E-state index contributed by atoms with van der Waals surface area (Å²) in [6.07, 6.45) is 3.81. The molecule has 3 rings (SSSR count). The van der Waals surface area contributed by atoms with Crippen LogP contribution in [0.4, 0.5) is 0 Å². The Morgan fingerprint density at radius 3 is 2.90 bits per heavy atom. The van der Waals surface area contributed by atoms with Crippen LogP contribution in [-0.2, 0) is 13.1 Å². The number of hydrogen-bond acceptors (Lipinski definition) is 4. The van der Waals surface area contributed by atoms with Gasteiger partial charge in [0.2, 0.25) is 0 Å². The molecule has 0 unspecified atom stereocenters. The number of para-hydroxylation sites is 1. The van der Waals surface area contributed by atoms with Gasteiger partial charge in [0, 0.05) is 24.2 Å². The number of rotatable bonds is 5. The quantitative estimate of drug-likeness (QED) is 0.780. The molecule has 0 radical (unpaired) electrons. The normalized spacial score (nSPS) is 11.4. The van der Waals surface area contributed by atoms with Crippen LogP contribution in [-0.4, -0.2) is 26.0 Å². The van der Waals surface area contributed by atoms with Gasteiger partial charge in [-0.05, 0) is 11.6 Å². The van der Waals surface area contributed by atoms with Crippen LogP contribution in [0.25, 0.3) is 10.9 Å². The van der Waals surface area contributed by atoms with Crippen molar-refractivity contribution < 1.29 is 0 Å². The highest BCUT2D eigenvalue weighted by atomic mass is 15.4. The fourth-order valence-electron chi connectivity index (χ4n) is 2.28. The average Bonchev–Trinajstić information content (AvgIpc) is 2.93. The second-order valence-corrected chi connectivity index (χ2v) is 5.44. The summed E-state index contributed by atoms with van der Waals surface area (Å²) in [4.78, 5) is 4.47. The lowest BCUT2D eigenvalue weighted by molar-refractivity contribution is 0.580. The van der Waals surface area contributed by atoms with Gasteiger partial charge in [-0.15, -0.1) is 5.10 Å². The van der Waals surface area contributed by atoms with Crippen molar-refractivity contribution in [2.24, 2.45) is 0 Å². The molecule has 0 amide bonds. The Labute approximate surface area is 124 Å². The maximum atomic E-state index is 4.47. The molecule has 1 aromatic carbocycles. The van der Waals surface area contributed by atoms with Crippen molar-refractivity contribution in [1.29, 1.82) is 0 Å². The minimum absolute atomic E-state index is 0.442. The number of fused-ring (bicyclic) bond motifs is 1. The zero-order valence-electron chi connectivity index (χ0n) is 12.3. The molecule has 5 nitrogen and oxygen atoms in total. The lowest BCUT2D eigenvalue weighted by Gasteiger charge is -2.05. The zero-order chi connectivity index (χ0) is 14.7. The monoisotopic (exact) mass is 281 g/mol. The molecule has 2 aromatic heterocycles. The standard InChI is InChI=1S/C16H19N5/c1-12(2)18-9-15-11-21(20-19-15)10-14-6-3-5-13-7-4-8-17-16(13)14/h3-8,11-12,18H,9-10H2,1-2H3. The summed E-state index contributed by atoms with van der Waals surface area (Å²) in [5.41, 5.74) is 3.13. The maximum Gasteiger partial charge on any atom is 0.0965 e. The van der Waals surface area contributed by atoms with Crippen LogP contribution >= 0.6 is 0 Å². The summed E-state index contributed by atoms with van der Waals surface area (Å²) in [7, 11) is 0. The molecule has 0 aliphatic rings. The van der Waals surface area contributed by atoms with Crippen LogP contribution in [0.3, 0.4) is 0 Å². The first-order chi connectivity index (χ1) is 10.2. The van der Waals surface area contributed by atoms with E-state index in [2.05, 4.69) is 58.7 Å². The molecule has 0 saturated carbocycles. The lowest BCUT2D eigenvalue weighted by Crippen LogP contribution is -2.21. The number of nitrogens with one attached hydrogen (secondary N) is 1. The highest BCUT2D eigenvalue weighted by Crippen LogP contribution is 2.16. The first-order valence-electron chi connectivity index (χ1n) is 7.17. The number of aromatic nitrogens is 4. The highest BCUT2D eigenvalue weighted by molar-refractivity contribution is 5.81. The summed E-state index contributed by atoms with van der Waals surface area (Å²) < 4.78 is 1.86. The van der Waals surface area contributed by atoms with Gasteiger partial charge in [0.1, 0.15) is 0 Å². The second-order valence-electron chi connectivity index (χ2n) is 5.44. The Morgan fingerprint density at radius 2 is 2.05 bits per heavy atom. The minimum Gasteiger partial charge on any atom is -0.309 e. The van der Waals surface area contributed by atoms with Crippen molar-refractivity contribution in [2.45, 2.75) is 33.0 Å². The average molecular weight is 281 g/mol. The molecule has 0 fully saturated rings. The van der Waals surface area contributed by atoms with Crippen molar-refractivity contribution >= 4 is 10.9 Å². The summed E-state index contributed by atoms with van der Waals surface area (Å²) in [5.74, 6) is 0. The molecule has 0 spiro atoms. The SMILES string of the molecule is CC(C)NCc1cn(Cc2cccc3cccnc23)nn1. The molecule has 108 valence electrons. The van der Waals surface area contributed by atoms with Crippen molar-refractivity contribution in [1.82, 2.24) is 25.3 Å². The number of benzene rings is 1. The number of pyridine rings is 1. The van der Waals surface area contributed by atoms with E-state index in [1.54, 1.807) is 0 Å². The Hall–Kier alpha value is -2.27. The molecule has 3 aromatic rings. The van der Waals surface area contributed by atoms with Gasteiger partial charge in [0.25, 0.3) is 0 Å². The predicted octanol–water partition coefficient (Wildman–Crippen LogP) is 2.37. The molecule has 0 saturated heterocycles. The summed E-state index contributed by atoms with van der Waals surface area (Å²) >= 11 is 0. The van der Waals surface area contributed by atoms with Gasteiger partial charge in [-0.3, -0.25) is 4.98 Å². The van der Waals surface area contributed by atoms with Crippen LogP contribution in [0, 0.1) is 0 Å². The third-order valence-electron chi connectivity index (χ3n) is 3.33. The van der Waals surface area contributed by atoms with E-state index in [9.17, 15) is 0 Å². The van der Waals surface area contributed by atoms with Gasteiger partial charge in [-0.2, -0.15) is 0 Å². The van der Waals surface area contributed by atoms with Crippen LogP contribution in [0.1, 0.15) is 25.1 Å². The zero-order valence-corrected chi connectivity index (χ0v) is 12.3. The van der Waals surface area contributed by atoms with E-state index >= 15 is 0 Å². The van der Waals surface area contributed by atoms with E-state index in [-0.39, 0.29) is 0 Å². The van der Waals surface area contributed by atoms with Crippen molar-refractivity contribution in [3.8, 4) is 0 Å². The van der Waals surface area contributed by atoms with Crippen molar-refractivity contribution in [2.75, 3.05) is 0 Å². The van der Waals surface area contributed by atoms with E-state index < -0.39 is 0 Å². The molecule has 0 aliphatic carbocycles. The minimum atomic E-state index is 0.442. The lowest BCUT2D eigenvalue weighted by atomic mass is 10.1. The largest absolute Gasteiger partial charge is 0.309 e. The fourth-order valence-corrected chi connectivity index (χ4v) is 2.28. The molecular formula is C16H19N5. The van der Waals surface area contributed by atoms with Gasteiger partial charge in [0.05, 0.1) is 24.0 Å². The van der Waals surface area contributed by atoms with Crippen LogP contribution in [0.5, 0.6) is 0 Å². The Kier molecular flexibility index (Phi) is 3.92. The Morgan fingerprint density at radius 1 is 1.19 bits per heavy atom. The van der Waals surface area contributed by atoms with Crippen molar-refractivity contribution in [3.05, 3.63) is 54.0 Å². The van der Waals surface area contributed by atoms with Gasteiger partial charge in [-0.1, -0.05) is 43.3 Å². The van der Waals surface area contributed by atoms with Gasteiger partial charge >= 0.3 is 0 Å². The van der Waals surface area contributed by atoms with Crippen LogP contribution in [0.15, 0.2) is 42.7 Å². The smallest absolute Gasteiger partial charge is 0.0965 e. The summed E-state index contributed by atoms with van der Waals surface area (Å²) in [5, 5.41) is 12.9. The second kappa shape index (κ2) is 6.01. The molecule has 0 bridgehead atoms. The highest BCUT2D eigenvalue weighted by Gasteiger charge is 2.05. The fraction of sp³-hybridized carbons (Fsp3) is 0.312. The first kappa shape index (κ1) is 13.7.